The number of nitrogens with zero attached hydrogens (tertiary/aromatic N) is 1. The van der Waals surface area contributed by atoms with Crippen molar-refractivity contribution in [1.82, 2.24) is 5.32 Å². The van der Waals surface area contributed by atoms with Crippen molar-refractivity contribution in [2.75, 3.05) is 0 Å². The van der Waals surface area contributed by atoms with E-state index >= 15 is 0 Å². The fraction of sp³-hybridized carbons (Fsp3) is 0.385. The van der Waals surface area contributed by atoms with Crippen molar-refractivity contribution in [3.63, 3.8) is 0 Å². The number of rotatable bonds is 3. The first-order chi connectivity index (χ1) is 8.68. The maximum Gasteiger partial charge on any atom is 0.252 e. The van der Waals surface area contributed by atoms with Crippen LogP contribution >= 0.6 is 0 Å². The number of oxime groups is 1. The van der Waals surface area contributed by atoms with E-state index in [0.717, 1.165) is 12.8 Å². The Balaban J connectivity index is 2.18. The normalized spacial score (nSPS) is 18.6. The van der Waals surface area contributed by atoms with Gasteiger partial charge in [0.1, 0.15) is 5.54 Å². The predicted molar refractivity (Wildman–Crippen MR) is 68.5 cm³/mol. The van der Waals surface area contributed by atoms with E-state index in [2.05, 4.69) is 10.5 Å². The van der Waals surface area contributed by atoms with Crippen LogP contribution in [0.5, 0.6) is 0 Å². The van der Waals surface area contributed by atoms with Crippen molar-refractivity contribution in [2.45, 2.75) is 31.2 Å². The van der Waals surface area contributed by atoms with Crippen LogP contribution in [0.25, 0.3) is 0 Å². The van der Waals surface area contributed by atoms with E-state index in [9.17, 15) is 4.79 Å². The molecule has 5 heteroatoms. The first-order valence-corrected chi connectivity index (χ1v) is 6.03. The molecule has 5 nitrogen and oxygen atoms in total. The molecule has 0 radical (unpaired) electrons. The van der Waals surface area contributed by atoms with Gasteiger partial charge in [0.2, 0.25) is 0 Å². The van der Waals surface area contributed by atoms with Crippen molar-refractivity contribution in [2.24, 2.45) is 10.9 Å². The van der Waals surface area contributed by atoms with Gasteiger partial charge in [-0.1, -0.05) is 36.2 Å². The largest absolute Gasteiger partial charge is 0.409 e. The van der Waals surface area contributed by atoms with E-state index in [1.54, 1.807) is 24.3 Å². The Labute approximate surface area is 106 Å². The summed E-state index contributed by atoms with van der Waals surface area (Å²) in [6, 6.07) is 8.94. The second-order valence-corrected chi connectivity index (χ2v) is 4.59. The number of hydrogen-bond acceptors (Lipinski definition) is 3. The van der Waals surface area contributed by atoms with Crippen LogP contribution in [0.2, 0.25) is 0 Å². The number of nitrogens with two attached hydrogens (primary N) is 1. The Morgan fingerprint density at radius 1 is 1.28 bits per heavy atom. The zero-order chi connectivity index (χ0) is 13.0. The molecule has 96 valence electrons. The molecule has 1 aromatic carbocycles. The highest BCUT2D eigenvalue weighted by atomic mass is 16.4. The van der Waals surface area contributed by atoms with Gasteiger partial charge in [-0.05, 0) is 25.0 Å². The Hall–Kier alpha value is -2.04. The molecule has 0 heterocycles. The van der Waals surface area contributed by atoms with Crippen LogP contribution < -0.4 is 11.1 Å². The lowest BCUT2D eigenvalue weighted by molar-refractivity contribution is 0.0922. The highest BCUT2D eigenvalue weighted by molar-refractivity contribution is 6.00. The fourth-order valence-corrected chi connectivity index (χ4v) is 2.40. The fourth-order valence-electron chi connectivity index (χ4n) is 2.40. The van der Waals surface area contributed by atoms with Crippen LogP contribution in [0.1, 0.15) is 36.0 Å². The number of nitrogens with one attached hydrogen (secondary N) is 1. The third kappa shape index (κ3) is 2.30. The van der Waals surface area contributed by atoms with E-state index < -0.39 is 5.54 Å². The van der Waals surface area contributed by atoms with E-state index in [0.29, 0.717) is 18.4 Å². The SMILES string of the molecule is N/C(=N/O)C1(NC(=O)c2ccccc2)CCCC1. The van der Waals surface area contributed by atoms with Gasteiger partial charge in [0.25, 0.3) is 5.91 Å². The number of carbonyl (C=O) groups is 1. The third-order valence-corrected chi connectivity index (χ3v) is 3.44. The molecule has 1 amide bonds. The number of carbonyl (C=O) groups excluding carboxylic acids is 1. The zero-order valence-corrected chi connectivity index (χ0v) is 10.1. The van der Waals surface area contributed by atoms with Crippen LogP contribution in [0.4, 0.5) is 0 Å². The highest BCUT2D eigenvalue weighted by Gasteiger charge is 2.39. The molecule has 1 aliphatic rings. The zero-order valence-electron chi connectivity index (χ0n) is 10.1. The Morgan fingerprint density at radius 3 is 2.44 bits per heavy atom. The molecular formula is C13H17N3O2. The molecule has 0 unspecified atom stereocenters. The second kappa shape index (κ2) is 5.08. The average molecular weight is 247 g/mol. The Bertz CT molecular complexity index is 451. The lowest BCUT2D eigenvalue weighted by Crippen LogP contribution is -2.55. The molecule has 18 heavy (non-hydrogen) atoms. The minimum Gasteiger partial charge on any atom is -0.409 e. The Morgan fingerprint density at radius 2 is 1.89 bits per heavy atom. The van der Waals surface area contributed by atoms with Gasteiger partial charge in [-0.2, -0.15) is 0 Å². The lowest BCUT2D eigenvalue weighted by atomic mass is 9.95. The summed E-state index contributed by atoms with van der Waals surface area (Å²) in [6.07, 6.45) is 3.35. The maximum absolute atomic E-state index is 12.1. The summed E-state index contributed by atoms with van der Waals surface area (Å²) in [7, 11) is 0. The molecule has 1 aliphatic carbocycles. The summed E-state index contributed by atoms with van der Waals surface area (Å²) in [5.74, 6) is -0.103. The summed E-state index contributed by atoms with van der Waals surface area (Å²) >= 11 is 0. The summed E-state index contributed by atoms with van der Waals surface area (Å²) < 4.78 is 0. The molecule has 0 aromatic heterocycles. The maximum atomic E-state index is 12.1. The molecule has 1 fully saturated rings. The molecule has 2 rings (SSSR count). The molecule has 0 bridgehead atoms. The van der Waals surface area contributed by atoms with Gasteiger partial charge in [-0.15, -0.1) is 0 Å². The number of benzene rings is 1. The van der Waals surface area contributed by atoms with Crippen molar-refractivity contribution >= 4 is 11.7 Å². The van der Waals surface area contributed by atoms with E-state index in [-0.39, 0.29) is 11.7 Å². The van der Waals surface area contributed by atoms with Crippen molar-refractivity contribution < 1.29 is 10.0 Å². The van der Waals surface area contributed by atoms with Gasteiger partial charge in [-0.3, -0.25) is 4.79 Å². The van der Waals surface area contributed by atoms with Crippen LogP contribution in [-0.2, 0) is 0 Å². The van der Waals surface area contributed by atoms with Crippen LogP contribution in [0.3, 0.4) is 0 Å². The van der Waals surface area contributed by atoms with E-state index in [1.807, 2.05) is 6.07 Å². The van der Waals surface area contributed by atoms with Gasteiger partial charge in [0.05, 0.1) is 0 Å². The van der Waals surface area contributed by atoms with Crippen molar-refractivity contribution in [3.05, 3.63) is 35.9 Å². The van der Waals surface area contributed by atoms with E-state index in [4.69, 9.17) is 10.9 Å². The lowest BCUT2D eigenvalue weighted by Gasteiger charge is -2.28. The van der Waals surface area contributed by atoms with Crippen LogP contribution in [0.15, 0.2) is 35.5 Å². The van der Waals surface area contributed by atoms with Gasteiger partial charge < -0.3 is 16.3 Å². The number of hydrogen-bond donors (Lipinski definition) is 3. The summed E-state index contributed by atoms with van der Waals surface area (Å²) in [4.78, 5) is 12.1. The Kier molecular flexibility index (Phi) is 3.50. The third-order valence-electron chi connectivity index (χ3n) is 3.44. The monoisotopic (exact) mass is 247 g/mol. The number of amides is 1. The second-order valence-electron chi connectivity index (χ2n) is 4.59. The molecule has 1 saturated carbocycles. The van der Waals surface area contributed by atoms with E-state index in [1.165, 1.54) is 0 Å². The summed E-state index contributed by atoms with van der Waals surface area (Å²) in [6.45, 7) is 0. The summed E-state index contributed by atoms with van der Waals surface area (Å²) in [5, 5.41) is 14.8. The molecule has 4 N–H and O–H groups in total. The summed E-state index contributed by atoms with van der Waals surface area (Å²) in [5.41, 5.74) is 5.61. The van der Waals surface area contributed by atoms with Crippen molar-refractivity contribution in [3.8, 4) is 0 Å². The molecule has 0 spiro atoms. The van der Waals surface area contributed by atoms with Gasteiger partial charge >= 0.3 is 0 Å². The predicted octanol–water partition coefficient (Wildman–Crippen LogP) is 1.48. The number of amidine groups is 1. The van der Waals surface area contributed by atoms with Gasteiger partial charge in [-0.25, -0.2) is 0 Å². The van der Waals surface area contributed by atoms with Gasteiger partial charge in [0.15, 0.2) is 5.84 Å². The minimum absolute atomic E-state index is 0.0873. The van der Waals surface area contributed by atoms with Gasteiger partial charge in [0, 0.05) is 5.56 Å². The highest BCUT2D eigenvalue weighted by Crippen LogP contribution is 2.30. The smallest absolute Gasteiger partial charge is 0.252 e. The standard InChI is InChI=1S/C13H17N3O2/c14-12(16-18)13(8-4-5-9-13)15-11(17)10-6-2-1-3-7-10/h1-3,6-7,18H,4-5,8-9H2,(H2,14,16)(H,15,17). The average Bonchev–Trinajstić information content (AvgIpc) is 2.88. The first kappa shape index (κ1) is 12.4. The molecule has 0 saturated heterocycles. The van der Waals surface area contributed by atoms with Crippen LogP contribution in [0, 0.1) is 0 Å². The first-order valence-electron chi connectivity index (χ1n) is 6.03. The molecule has 0 aliphatic heterocycles. The topological polar surface area (TPSA) is 87.7 Å². The molecular weight excluding hydrogens is 230 g/mol. The molecule has 1 aromatic rings. The van der Waals surface area contributed by atoms with Crippen LogP contribution in [-0.4, -0.2) is 22.5 Å². The van der Waals surface area contributed by atoms with Crippen molar-refractivity contribution in [1.29, 1.82) is 0 Å². The molecule has 0 atom stereocenters. The minimum atomic E-state index is -0.693. The quantitative estimate of drug-likeness (QED) is 0.327.